The maximum absolute atomic E-state index is 12.6. The number of carbonyl (C=O) groups excluding carboxylic acids is 1. The van der Waals surface area contributed by atoms with Crippen molar-refractivity contribution >= 4 is 28.5 Å². The first-order valence-corrected chi connectivity index (χ1v) is 9.08. The first-order chi connectivity index (χ1) is 12.7. The number of rotatable bonds is 4. The van der Waals surface area contributed by atoms with E-state index >= 15 is 0 Å². The second-order valence-corrected chi connectivity index (χ2v) is 7.30. The van der Waals surface area contributed by atoms with E-state index in [0.29, 0.717) is 11.3 Å². The molecule has 1 heterocycles. The number of ether oxygens (including phenoxy) is 1. The van der Waals surface area contributed by atoms with Gasteiger partial charge in [-0.05, 0) is 88.1 Å². The van der Waals surface area contributed by atoms with E-state index in [2.05, 4.69) is 21.4 Å². The SMILES string of the molecule is Cc1cc(C)cc(Nc2nc3cc(C)c(C)cc3nc2C(=O)OC(C)C)c1. The van der Waals surface area contributed by atoms with Gasteiger partial charge in [-0.2, -0.15) is 0 Å². The van der Waals surface area contributed by atoms with Crippen molar-refractivity contribution in [3.05, 3.63) is 58.3 Å². The highest BCUT2D eigenvalue weighted by Gasteiger charge is 2.20. The van der Waals surface area contributed by atoms with Gasteiger partial charge < -0.3 is 10.1 Å². The van der Waals surface area contributed by atoms with Crippen molar-refractivity contribution in [2.45, 2.75) is 47.6 Å². The van der Waals surface area contributed by atoms with E-state index in [0.717, 1.165) is 33.5 Å². The fourth-order valence-corrected chi connectivity index (χ4v) is 2.99. The molecule has 0 saturated carbocycles. The third-order valence-electron chi connectivity index (χ3n) is 4.30. The summed E-state index contributed by atoms with van der Waals surface area (Å²) >= 11 is 0. The molecule has 0 radical (unpaired) electrons. The molecule has 0 aliphatic heterocycles. The number of hydrogen-bond acceptors (Lipinski definition) is 5. The highest BCUT2D eigenvalue weighted by Crippen LogP contribution is 2.25. The van der Waals surface area contributed by atoms with Crippen LogP contribution in [0.2, 0.25) is 0 Å². The summed E-state index contributed by atoms with van der Waals surface area (Å²) in [6, 6.07) is 10.1. The number of aryl methyl sites for hydroxylation is 4. The summed E-state index contributed by atoms with van der Waals surface area (Å²) in [5, 5.41) is 3.26. The molecular formula is C22H25N3O2. The minimum atomic E-state index is -0.482. The van der Waals surface area contributed by atoms with E-state index in [1.54, 1.807) is 0 Å². The Bertz CT molecular complexity index is 1010. The molecule has 5 heteroatoms. The van der Waals surface area contributed by atoms with Crippen molar-refractivity contribution < 1.29 is 9.53 Å². The first-order valence-electron chi connectivity index (χ1n) is 9.08. The van der Waals surface area contributed by atoms with Crippen LogP contribution in [-0.4, -0.2) is 22.0 Å². The Balaban J connectivity index is 2.14. The molecule has 0 aliphatic carbocycles. The average Bonchev–Trinajstić information content (AvgIpc) is 2.54. The van der Waals surface area contributed by atoms with Crippen LogP contribution < -0.4 is 5.32 Å². The number of benzene rings is 2. The number of nitrogens with zero attached hydrogens (tertiary/aromatic N) is 2. The van der Waals surface area contributed by atoms with Crippen LogP contribution in [0.25, 0.3) is 11.0 Å². The molecule has 0 spiro atoms. The molecule has 0 saturated heterocycles. The molecule has 3 rings (SSSR count). The van der Waals surface area contributed by atoms with Crippen molar-refractivity contribution in [2.24, 2.45) is 0 Å². The minimum absolute atomic E-state index is 0.193. The molecule has 1 N–H and O–H groups in total. The molecule has 140 valence electrons. The number of carbonyl (C=O) groups is 1. The standard InChI is InChI=1S/C22H25N3O2/c1-12(2)27-22(26)20-21(23-17-8-13(3)7-14(4)9-17)25-19-11-16(6)15(5)10-18(19)24-20/h7-12H,1-6H3,(H,23,25). The Morgan fingerprint density at radius 2 is 1.44 bits per heavy atom. The van der Waals surface area contributed by atoms with E-state index in [4.69, 9.17) is 4.74 Å². The summed E-state index contributed by atoms with van der Waals surface area (Å²) in [6.07, 6.45) is -0.233. The van der Waals surface area contributed by atoms with E-state index in [-0.39, 0.29) is 11.8 Å². The van der Waals surface area contributed by atoms with Crippen LogP contribution in [0.3, 0.4) is 0 Å². The highest BCUT2D eigenvalue weighted by molar-refractivity contribution is 5.96. The van der Waals surface area contributed by atoms with Crippen LogP contribution in [0, 0.1) is 27.7 Å². The maximum atomic E-state index is 12.6. The summed E-state index contributed by atoms with van der Waals surface area (Å²) < 4.78 is 5.38. The smallest absolute Gasteiger partial charge is 0.361 e. The number of aromatic nitrogens is 2. The number of esters is 1. The summed E-state index contributed by atoms with van der Waals surface area (Å²) in [4.78, 5) is 21.9. The fraction of sp³-hybridized carbons (Fsp3) is 0.318. The minimum Gasteiger partial charge on any atom is -0.458 e. The lowest BCUT2D eigenvalue weighted by Crippen LogP contribution is -2.16. The van der Waals surface area contributed by atoms with Crippen LogP contribution in [0.5, 0.6) is 0 Å². The maximum Gasteiger partial charge on any atom is 0.361 e. The molecule has 0 bridgehead atoms. The lowest BCUT2D eigenvalue weighted by molar-refractivity contribution is 0.0372. The van der Waals surface area contributed by atoms with Crippen LogP contribution in [0.1, 0.15) is 46.6 Å². The van der Waals surface area contributed by atoms with Crippen molar-refractivity contribution in [2.75, 3.05) is 5.32 Å². The Hall–Kier alpha value is -2.95. The largest absolute Gasteiger partial charge is 0.458 e. The van der Waals surface area contributed by atoms with E-state index in [1.807, 2.05) is 65.8 Å². The Kier molecular flexibility index (Phi) is 5.13. The van der Waals surface area contributed by atoms with Crippen LogP contribution in [-0.2, 0) is 4.74 Å². The van der Waals surface area contributed by atoms with Crippen LogP contribution in [0.15, 0.2) is 30.3 Å². The highest BCUT2D eigenvalue weighted by atomic mass is 16.5. The number of hydrogen-bond donors (Lipinski definition) is 1. The zero-order valence-electron chi connectivity index (χ0n) is 16.7. The van der Waals surface area contributed by atoms with Gasteiger partial charge in [-0.1, -0.05) is 6.07 Å². The topological polar surface area (TPSA) is 64.1 Å². The molecule has 0 amide bonds. The van der Waals surface area contributed by atoms with Crippen molar-refractivity contribution in [1.82, 2.24) is 9.97 Å². The predicted molar refractivity (Wildman–Crippen MR) is 109 cm³/mol. The molecule has 5 nitrogen and oxygen atoms in total. The third kappa shape index (κ3) is 4.25. The first kappa shape index (κ1) is 18.8. The summed E-state index contributed by atoms with van der Waals surface area (Å²) in [6.45, 7) is 11.8. The van der Waals surface area contributed by atoms with Gasteiger partial charge in [0.1, 0.15) is 0 Å². The van der Waals surface area contributed by atoms with E-state index < -0.39 is 5.97 Å². The normalized spacial score (nSPS) is 11.1. The average molecular weight is 363 g/mol. The second-order valence-electron chi connectivity index (χ2n) is 7.30. The van der Waals surface area contributed by atoms with Gasteiger partial charge in [0, 0.05) is 5.69 Å². The summed E-state index contributed by atoms with van der Waals surface area (Å²) in [5.74, 6) is -0.0779. The Labute approximate surface area is 159 Å². The molecular weight excluding hydrogens is 338 g/mol. The zero-order chi connectivity index (χ0) is 19.7. The lowest BCUT2D eigenvalue weighted by atomic mass is 10.1. The van der Waals surface area contributed by atoms with Crippen LogP contribution >= 0.6 is 0 Å². The third-order valence-corrected chi connectivity index (χ3v) is 4.30. The van der Waals surface area contributed by atoms with Gasteiger partial charge >= 0.3 is 5.97 Å². The van der Waals surface area contributed by atoms with E-state index in [1.165, 1.54) is 0 Å². The van der Waals surface area contributed by atoms with Gasteiger partial charge in [0.15, 0.2) is 11.5 Å². The number of fused-ring (bicyclic) bond motifs is 1. The van der Waals surface area contributed by atoms with Crippen molar-refractivity contribution in [3.8, 4) is 0 Å². The fourth-order valence-electron chi connectivity index (χ4n) is 2.99. The van der Waals surface area contributed by atoms with Crippen molar-refractivity contribution in [3.63, 3.8) is 0 Å². The van der Waals surface area contributed by atoms with Gasteiger partial charge in [-0.3, -0.25) is 0 Å². The van der Waals surface area contributed by atoms with Gasteiger partial charge in [-0.25, -0.2) is 14.8 Å². The van der Waals surface area contributed by atoms with Gasteiger partial charge in [0.05, 0.1) is 17.1 Å². The quantitative estimate of drug-likeness (QED) is 0.648. The molecule has 27 heavy (non-hydrogen) atoms. The van der Waals surface area contributed by atoms with Gasteiger partial charge in [-0.15, -0.1) is 0 Å². The monoisotopic (exact) mass is 363 g/mol. The second kappa shape index (κ2) is 7.35. The van der Waals surface area contributed by atoms with Gasteiger partial charge in [0.25, 0.3) is 0 Å². The molecule has 0 atom stereocenters. The molecule has 1 aromatic heterocycles. The lowest BCUT2D eigenvalue weighted by Gasteiger charge is -2.14. The molecule has 0 unspecified atom stereocenters. The molecule has 2 aromatic carbocycles. The predicted octanol–water partition coefficient (Wildman–Crippen LogP) is 5.17. The molecule has 0 aliphatic rings. The molecule has 0 fully saturated rings. The van der Waals surface area contributed by atoms with Gasteiger partial charge in [0.2, 0.25) is 0 Å². The zero-order valence-corrected chi connectivity index (χ0v) is 16.7. The number of anilines is 2. The van der Waals surface area contributed by atoms with E-state index in [9.17, 15) is 4.79 Å². The summed E-state index contributed by atoms with van der Waals surface area (Å²) in [5.41, 5.74) is 6.97. The Morgan fingerprint density at radius 3 is 2.00 bits per heavy atom. The van der Waals surface area contributed by atoms with Crippen molar-refractivity contribution in [1.29, 1.82) is 0 Å². The Morgan fingerprint density at radius 1 is 0.889 bits per heavy atom. The number of nitrogens with one attached hydrogen (secondary N) is 1. The molecule has 3 aromatic rings. The summed E-state index contributed by atoms with van der Waals surface area (Å²) in [7, 11) is 0. The van der Waals surface area contributed by atoms with Crippen LogP contribution in [0.4, 0.5) is 11.5 Å².